The second-order valence-corrected chi connectivity index (χ2v) is 9.59. The number of nitrogens with zero attached hydrogens (tertiary/aromatic N) is 1. The van der Waals surface area contributed by atoms with E-state index >= 15 is 0 Å². The molecule has 0 saturated carbocycles. The maximum Gasteiger partial charge on any atom is 0.251 e. The third-order valence-corrected chi connectivity index (χ3v) is 6.76. The maximum atomic E-state index is 14.2. The zero-order valence-corrected chi connectivity index (χ0v) is 21.5. The summed E-state index contributed by atoms with van der Waals surface area (Å²) in [4.78, 5) is 32.8. The molecule has 0 bridgehead atoms. The highest BCUT2D eigenvalue weighted by Gasteiger charge is 2.23. The quantitative estimate of drug-likeness (QED) is 0.235. The molecule has 0 aliphatic heterocycles. The summed E-state index contributed by atoms with van der Waals surface area (Å²) in [6.07, 6.45) is 3.36. The Morgan fingerprint density at radius 3 is 2.52 bits per heavy atom. The van der Waals surface area contributed by atoms with Crippen molar-refractivity contribution in [3.05, 3.63) is 125 Å². The molecule has 9 heteroatoms. The smallest absolute Gasteiger partial charge is 0.251 e. The maximum absolute atomic E-state index is 14.2. The number of nitrogens with one attached hydrogen (secondary N) is 2. The van der Waals surface area contributed by atoms with Crippen molar-refractivity contribution in [1.29, 1.82) is 0 Å². The van der Waals surface area contributed by atoms with Crippen LogP contribution in [0.4, 0.5) is 13.2 Å². The number of aromatic amines is 1. The number of carbonyl (C=O) groups is 2. The van der Waals surface area contributed by atoms with E-state index in [1.54, 1.807) is 18.3 Å². The van der Waals surface area contributed by atoms with Crippen molar-refractivity contribution in [1.82, 2.24) is 15.3 Å². The molecule has 2 aromatic heterocycles. The molecular formula is C31H25F3N4O2. The minimum atomic E-state index is -0.932. The number of rotatable bonds is 8. The Morgan fingerprint density at radius 1 is 1.00 bits per heavy atom. The number of hydrogen-bond donors (Lipinski definition) is 3. The van der Waals surface area contributed by atoms with Crippen molar-refractivity contribution in [2.24, 2.45) is 5.73 Å². The Balaban J connectivity index is 1.54. The van der Waals surface area contributed by atoms with Gasteiger partial charge in [0.2, 0.25) is 5.91 Å². The highest BCUT2D eigenvalue weighted by atomic mass is 19.1. The normalized spacial score (nSPS) is 11.9. The number of pyridine rings is 1. The van der Waals surface area contributed by atoms with E-state index < -0.39 is 29.4 Å². The monoisotopic (exact) mass is 542 g/mol. The van der Waals surface area contributed by atoms with Crippen molar-refractivity contribution in [3.8, 4) is 11.1 Å². The third-order valence-electron chi connectivity index (χ3n) is 6.76. The van der Waals surface area contributed by atoms with Crippen molar-refractivity contribution in [2.45, 2.75) is 25.8 Å². The largest absolute Gasteiger partial charge is 0.366 e. The Hall–Kier alpha value is -4.92. The summed E-state index contributed by atoms with van der Waals surface area (Å²) in [5, 5.41) is 3.93. The molecule has 2 heterocycles. The molecule has 6 nitrogen and oxygen atoms in total. The van der Waals surface area contributed by atoms with Gasteiger partial charge in [0.15, 0.2) is 0 Å². The molecule has 0 spiro atoms. The molecule has 0 aliphatic rings. The number of aryl methyl sites for hydroxylation is 1. The summed E-state index contributed by atoms with van der Waals surface area (Å²) in [6.45, 7) is 1.96. The zero-order valence-electron chi connectivity index (χ0n) is 21.5. The van der Waals surface area contributed by atoms with Crippen LogP contribution in [0.3, 0.4) is 0 Å². The lowest BCUT2D eigenvalue weighted by Gasteiger charge is -2.22. The van der Waals surface area contributed by atoms with Crippen LogP contribution in [0, 0.1) is 24.4 Å². The third kappa shape index (κ3) is 5.58. The minimum Gasteiger partial charge on any atom is -0.366 e. The summed E-state index contributed by atoms with van der Waals surface area (Å²) in [5.41, 5.74) is 9.38. The number of benzene rings is 3. The SMILES string of the molecule is Cc1cccc2[nH]cc(CC(=O)N[C@@H](Cc3cc(F)cc(F)c3)c3ncccc3-c3ccc(F)c(C(N)=O)c3)c12. The van der Waals surface area contributed by atoms with Gasteiger partial charge in [0.25, 0.3) is 5.91 Å². The first-order valence-corrected chi connectivity index (χ1v) is 12.5. The van der Waals surface area contributed by atoms with E-state index in [2.05, 4.69) is 15.3 Å². The average molecular weight is 543 g/mol. The fourth-order valence-corrected chi connectivity index (χ4v) is 5.01. The number of nitrogens with two attached hydrogens (primary N) is 1. The number of halogens is 3. The molecule has 0 saturated heterocycles. The molecule has 0 fully saturated rings. The van der Waals surface area contributed by atoms with Crippen molar-refractivity contribution in [2.75, 3.05) is 0 Å². The van der Waals surface area contributed by atoms with Gasteiger partial charge < -0.3 is 16.0 Å². The first-order chi connectivity index (χ1) is 19.2. The molecule has 3 aromatic carbocycles. The average Bonchev–Trinajstić information content (AvgIpc) is 3.31. The summed E-state index contributed by atoms with van der Waals surface area (Å²) < 4.78 is 42.3. The van der Waals surface area contributed by atoms with Crippen LogP contribution in [0.5, 0.6) is 0 Å². The molecule has 40 heavy (non-hydrogen) atoms. The first-order valence-electron chi connectivity index (χ1n) is 12.5. The van der Waals surface area contributed by atoms with E-state index in [9.17, 15) is 22.8 Å². The Kier molecular flexibility index (Phi) is 7.37. The number of amides is 2. The molecule has 0 unspecified atom stereocenters. The van der Waals surface area contributed by atoms with Gasteiger partial charge in [-0.15, -0.1) is 0 Å². The number of fused-ring (bicyclic) bond motifs is 1. The van der Waals surface area contributed by atoms with Gasteiger partial charge in [-0.25, -0.2) is 13.2 Å². The molecule has 2 amide bonds. The van der Waals surface area contributed by atoms with Crippen LogP contribution < -0.4 is 11.1 Å². The van der Waals surface area contributed by atoms with Crippen LogP contribution in [0.25, 0.3) is 22.0 Å². The predicted molar refractivity (Wildman–Crippen MR) is 146 cm³/mol. The molecule has 202 valence electrons. The number of primary amides is 1. The van der Waals surface area contributed by atoms with Crippen molar-refractivity contribution in [3.63, 3.8) is 0 Å². The summed E-state index contributed by atoms with van der Waals surface area (Å²) >= 11 is 0. The van der Waals surface area contributed by atoms with Gasteiger partial charge in [-0.3, -0.25) is 14.6 Å². The van der Waals surface area contributed by atoms with Gasteiger partial charge >= 0.3 is 0 Å². The van der Waals surface area contributed by atoms with Gasteiger partial charge in [0.1, 0.15) is 17.5 Å². The van der Waals surface area contributed by atoms with Crippen LogP contribution in [-0.4, -0.2) is 21.8 Å². The first kappa shape index (κ1) is 26.7. The van der Waals surface area contributed by atoms with Gasteiger partial charge in [-0.1, -0.05) is 24.3 Å². The Morgan fingerprint density at radius 2 is 1.77 bits per heavy atom. The van der Waals surface area contributed by atoms with E-state index in [0.29, 0.717) is 22.4 Å². The van der Waals surface area contributed by atoms with Crippen molar-refractivity contribution < 1.29 is 22.8 Å². The second kappa shape index (κ2) is 11.1. The number of carbonyl (C=O) groups excluding carboxylic acids is 2. The standard InChI is InChI=1S/C31H25F3N4O2/c1-17-4-2-6-26-29(17)20(16-37-26)14-28(39)38-27(12-18-10-21(32)15-22(33)11-18)30-23(5-3-9-36-30)19-7-8-25(34)24(13-19)31(35)40/h2-11,13,15-16,27,37H,12,14H2,1H3,(H2,35,40)(H,38,39)/t27-/m0/s1. The van der Waals surface area contributed by atoms with Gasteiger partial charge in [-0.2, -0.15) is 0 Å². The van der Waals surface area contributed by atoms with Crippen LogP contribution >= 0.6 is 0 Å². The highest BCUT2D eigenvalue weighted by Crippen LogP contribution is 2.31. The lowest BCUT2D eigenvalue weighted by molar-refractivity contribution is -0.121. The summed E-state index contributed by atoms with van der Waals surface area (Å²) in [5.74, 6) is -3.53. The molecule has 5 aromatic rings. The van der Waals surface area contributed by atoms with Crippen LogP contribution in [-0.2, 0) is 17.6 Å². The van der Waals surface area contributed by atoms with E-state index in [1.807, 2.05) is 25.1 Å². The molecule has 0 radical (unpaired) electrons. The van der Waals surface area contributed by atoms with Gasteiger partial charge in [0, 0.05) is 34.9 Å². The van der Waals surface area contributed by atoms with E-state index in [1.165, 1.54) is 30.5 Å². The van der Waals surface area contributed by atoms with Gasteiger partial charge in [-0.05, 0) is 72.0 Å². The zero-order chi connectivity index (χ0) is 28.4. The predicted octanol–water partition coefficient (Wildman–Crippen LogP) is 5.70. The minimum absolute atomic E-state index is 0.0151. The summed E-state index contributed by atoms with van der Waals surface area (Å²) in [6, 6.07) is 15.4. The van der Waals surface area contributed by atoms with E-state index in [-0.39, 0.29) is 24.3 Å². The second-order valence-electron chi connectivity index (χ2n) is 9.59. The fourth-order valence-electron chi connectivity index (χ4n) is 5.01. The Bertz CT molecular complexity index is 1730. The van der Waals surface area contributed by atoms with Gasteiger partial charge in [0.05, 0.1) is 23.7 Å². The fraction of sp³-hybridized carbons (Fsp3) is 0.129. The number of H-pyrrole nitrogens is 1. The Labute approximate surface area is 228 Å². The number of hydrogen-bond acceptors (Lipinski definition) is 3. The van der Waals surface area contributed by atoms with E-state index in [0.717, 1.165) is 34.2 Å². The molecule has 5 rings (SSSR count). The molecular weight excluding hydrogens is 517 g/mol. The van der Waals surface area contributed by atoms with E-state index in [4.69, 9.17) is 5.73 Å². The lowest BCUT2D eigenvalue weighted by Crippen LogP contribution is -2.32. The highest BCUT2D eigenvalue weighted by molar-refractivity contribution is 5.94. The molecule has 1 atom stereocenters. The summed E-state index contributed by atoms with van der Waals surface area (Å²) in [7, 11) is 0. The van der Waals surface area contributed by atoms with Crippen LogP contribution in [0.2, 0.25) is 0 Å². The topological polar surface area (TPSA) is 101 Å². The molecule has 0 aliphatic carbocycles. The van der Waals surface area contributed by atoms with Crippen LogP contribution in [0.15, 0.2) is 79.1 Å². The van der Waals surface area contributed by atoms with Crippen molar-refractivity contribution >= 4 is 22.7 Å². The number of aromatic nitrogens is 2. The van der Waals surface area contributed by atoms with Crippen LogP contribution in [0.1, 0.15) is 38.8 Å². The molecule has 4 N–H and O–H groups in total. The lowest BCUT2D eigenvalue weighted by atomic mass is 9.94.